The second-order valence-electron chi connectivity index (χ2n) is 7.19. The van der Waals surface area contributed by atoms with E-state index in [-0.39, 0.29) is 0 Å². The van der Waals surface area contributed by atoms with Gasteiger partial charge in [0.05, 0.1) is 0 Å². The average molecular weight is 377 g/mol. The van der Waals surface area contributed by atoms with Crippen molar-refractivity contribution in [1.82, 2.24) is 15.4 Å². The van der Waals surface area contributed by atoms with E-state index in [0.717, 1.165) is 22.3 Å². The number of hydrogen-bond donors (Lipinski definition) is 2. The Hall–Kier alpha value is -3.12. The Bertz CT molecular complexity index is 977. The number of hydroxylamine groups is 1. The van der Waals surface area contributed by atoms with E-state index in [2.05, 4.69) is 9.97 Å². The van der Waals surface area contributed by atoms with Crippen LogP contribution in [0.1, 0.15) is 22.6 Å². The predicted molar refractivity (Wildman–Crippen MR) is 102 cm³/mol. The summed E-state index contributed by atoms with van der Waals surface area (Å²) < 4.78 is 15.4. The van der Waals surface area contributed by atoms with Gasteiger partial charge in [-0.25, -0.2) is 19.8 Å². The first-order valence-electron chi connectivity index (χ1n) is 9.10. The van der Waals surface area contributed by atoms with Gasteiger partial charge >= 0.3 is 0 Å². The van der Waals surface area contributed by atoms with Crippen molar-refractivity contribution in [3.63, 3.8) is 0 Å². The summed E-state index contributed by atoms with van der Waals surface area (Å²) >= 11 is 0. The van der Waals surface area contributed by atoms with Gasteiger partial charge < -0.3 is 0 Å². The molecule has 1 amide bonds. The third-order valence-electron chi connectivity index (χ3n) is 5.34. The van der Waals surface area contributed by atoms with Crippen molar-refractivity contribution in [2.75, 3.05) is 0 Å². The fourth-order valence-corrected chi connectivity index (χ4v) is 3.81. The number of nitrogens with one attached hydrogen (secondary N) is 1. The summed E-state index contributed by atoms with van der Waals surface area (Å²) in [4.78, 5) is 20.6. The van der Waals surface area contributed by atoms with Gasteiger partial charge in [0.25, 0.3) is 5.91 Å². The molecule has 0 bridgehead atoms. The van der Waals surface area contributed by atoms with Crippen LogP contribution in [0.2, 0.25) is 0 Å². The van der Waals surface area contributed by atoms with Crippen molar-refractivity contribution in [1.29, 1.82) is 0 Å². The summed E-state index contributed by atoms with van der Waals surface area (Å²) in [6.45, 7) is 1.93. The van der Waals surface area contributed by atoms with Crippen LogP contribution in [0, 0.1) is 12.8 Å². The summed E-state index contributed by atoms with van der Waals surface area (Å²) in [5, 5.41) is 8.99. The fourth-order valence-electron chi connectivity index (χ4n) is 3.81. The number of alkyl halides is 1. The molecule has 0 spiro atoms. The molecular formula is C22H20FN3O2. The highest BCUT2D eigenvalue weighted by atomic mass is 19.1. The summed E-state index contributed by atoms with van der Waals surface area (Å²) in [5.41, 5.74) is 2.90. The molecule has 1 aliphatic carbocycles. The Morgan fingerprint density at radius 2 is 1.75 bits per heavy atom. The second kappa shape index (κ2) is 7.13. The number of carbonyl (C=O) groups is 1. The molecule has 1 saturated carbocycles. The minimum atomic E-state index is -2.12. The zero-order chi connectivity index (χ0) is 19.7. The number of aryl methyl sites for hydroxylation is 1. The van der Waals surface area contributed by atoms with Gasteiger partial charge in [0, 0.05) is 29.8 Å². The van der Waals surface area contributed by atoms with E-state index in [1.165, 1.54) is 5.48 Å². The van der Waals surface area contributed by atoms with Crippen LogP contribution >= 0.6 is 0 Å². The summed E-state index contributed by atoms with van der Waals surface area (Å²) in [7, 11) is 0. The number of halogens is 1. The first kappa shape index (κ1) is 18.3. The molecule has 3 atom stereocenters. The molecule has 28 heavy (non-hydrogen) atoms. The van der Waals surface area contributed by atoms with Crippen LogP contribution in [0.4, 0.5) is 4.39 Å². The maximum Gasteiger partial charge on any atom is 0.281 e. The third kappa shape index (κ3) is 3.16. The monoisotopic (exact) mass is 377 g/mol. The SMILES string of the molecule is Cc1cnc(-c2ccc(CC3C(c4ccccc4)C3(F)C(=O)NO)cc2)nc1. The van der Waals surface area contributed by atoms with Crippen LogP contribution in [-0.4, -0.2) is 26.8 Å². The van der Waals surface area contributed by atoms with Crippen LogP contribution in [0.25, 0.3) is 11.4 Å². The standard InChI is InChI=1S/C22H20FN3O2/c1-14-12-24-20(25-13-14)17-9-7-15(8-10-17)11-18-19(16-5-3-2-4-6-16)22(18,23)21(27)26-28/h2-10,12-13,18-19,28H,11H2,1H3,(H,26,27). The lowest BCUT2D eigenvalue weighted by Gasteiger charge is -2.06. The van der Waals surface area contributed by atoms with E-state index in [9.17, 15) is 4.79 Å². The number of benzene rings is 2. The molecule has 0 aliphatic heterocycles. The zero-order valence-electron chi connectivity index (χ0n) is 15.3. The quantitative estimate of drug-likeness (QED) is 0.526. The van der Waals surface area contributed by atoms with E-state index >= 15 is 4.39 Å². The normalized spacial score (nSPS) is 23.2. The van der Waals surface area contributed by atoms with Gasteiger partial charge in [-0.1, -0.05) is 54.6 Å². The van der Waals surface area contributed by atoms with E-state index in [4.69, 9.17) is 5.21 Å². The third-order valence-corrected chi connectivity index (χ3v) is 5.34. The smallest absolute Gasteiger partial charge is 0.281 e. The van der Waals surface area contributed by atoms with Crippen molar-refractivity contribution in [2.45, 2.75) is 24.9 Å². The Balaban J connectivity index is 1.55. The van der Waals surface area contributed by atoms with E-state index in [0.29, 0.717) is 12.2 Å². The number of hydrogen-bond acceptors (Lipinski definition) is 4. The van der Waals surface area contributed by atoms with Crippen molar-refractivity contribution in [2.24, 2.45) is 5.92 Å². The van der Waals surface area contributed by atoms with Crippen molar-refractivity contribution >= 4 is 5.91 Å². The zero-order valence-corrected chi connectivity index (χ0v) is 15.3. The second-order valence-corrected chi connectivity index (χ2v) is 7.19. The molecule has 1 aromatic heterocycles. The summed E-state index contributed by atoms with van der Waals surface area (Å²) in [6.07, 6.45) is 3.91. The van der Waals surface area contributed by atoms with Crippen LogP contribution in [0.15, 0.2) is 67.0 Å². The highest BCUT2D eigenvalue weighted by Crippen LogP contribution is 2.61. The number of nitrogens with zero attached hydrogens (tertiary/aromatic N) is 2. The lowest BCUT2D eigenvalue weighted by Crippen LogP contribution is -2.33. The number of rotatable bonds is 5. The first-order valence-corrected chi connectivity index (χ1v) is 9.10. The molecule has 3 aromatic rings. The van der Waals surface area contributed by atoms with Gasteiger partial charge in [-0.3, -0.25) is 10.0 Å². The van der Waals surface area contributed by atoms with Crippen LogP contribution < -0.4 is 5.48 Å². The van der Waals surface area contributed by atoms with E-state index in [1.54, 1.807) is 12.4 Å². The summed E-state index contributed by atoms with van der Waals surface area (Å²) in [6, 6.07) is 16.7. The average Bonchev–Trinajstić information content (AvgIpc) is 3.34. The van der Waals surface area contributed by atoms with E-state index < -0.39 is 23.4 Å². The summed E-state index contributed by atoms with van der Waals surface area (Å²) in [5.74, 6) is -1.48. The molecular weight excluding hydrogens is 357 g/mol. The van der Waals surface area contributed by atoms with Crippen molar-refractivity contribution < 1.29 is 14.4 Å². The molecule has 4 rings (SSSR count). The molecule has 1 aliphatic rings. The molecule has 6 heteroatoms. The van der Waals surface area contributed by atoms with Crippen LogP contribution in [0.3, 0.4) is 0 Å². The first-order chi connectivity index (χ1) is 13.5. The van der Waals surface area contributed by atoms with Crippen molar-refractivity contribution in [3.05, 3.63) is 83.7 Å². The molecule has 1 fully saturated rings. The number of amides is 1. The van der Waals surface area contributed by atoms with Crippen LogP contribution in [-0.2, 0) is 11.2 Å². The minimum absolute atomic E-state index is 0.387. The molecule has 5 nitrogen and oxygen atoms in total. The van der Waals surface area contributed by atoms with Crippen molar-refractivity contribution in [3.8, 4) is 11.4 Å². The molecule has 2 aromatic carbocycles. The maximum absolute atomic E-state index is 15.4. The van der Waals surface area contributed by atoms with Gasteiger partial charge in [-0.05, 0) is 30.0 Å². The molecule has 0 radical (unpaired) electrons. The lowest BCUT2D eigenvalue weighted by molar-refractivity contribution is -0.136. The Morgan fingerprint density at radius 1 is 1.11 bits per heavy atom. The highest BCUT2D eigenvalue weighted by Gasteiger charge is 2.71. The van der Waals surface area contributed by atoms with Gasteiger partial charge in [0.2, 0.25) is 5.67 Å². The number of carbonyl (C=O) groups excluding carboxylic acids is 1. The topological polar surface area (TPSA) is 75.1 Å². The van der Waals surface area contributed by atoms with Gasteiger partial charge in [0.15, 0.2) is 5.82 Å². The fraction of sp³-hybridized carbons (Fsp3) is 0.227. The number of aromatic nitrogens is 2. The Labute approximate surface area is 162 Å². The Morgan fingerprint density at radius 3 is 2.36 bits per heavy atom. The van der Waals surface area contributed by atoms with Gasteiger partial charge in [-0.2, -0.15) is 0 Å². The maximum atomic E-state index is 15.4. The highest BCUT2D eigenvalue weighted by molar-refractivity contribution is 5.90. The van der Waals surface area contributed by atoms with Gasteiger partial charge in [-0.15, -0.1) is 0 Å². The Kier molecular flexibility index (Phi) is 4.65. The minimum Gasteiger partial charge on any atom is -0.289 e. The van der Waals surface area contributed by atoms with Crippen LogP contribution in [0.5, 0.6) is 0 Å². The molecule has 2 N–H and O–H groups in total. The van der Waals surface area contributed by atoms with E-state index in [1.807, 2.05) is 61.5 Å². The molecule has 3 unspecified atom stereocenters. The lowest BCUT2D eigenvalue weighted by atomic mass is 10.0. The van der Waals surface area contributed by atoms with Gasteiger partial charge in [0.1, 0.15) is 0 Å². The molecule has 0 saturated heterocycles. The molecule has 142 valence electrons. The predicted octanol–water partition coefficient (Wildman–Crippen LogP) is 3.62. The molecule has 1 heterocycles. The largest absolute Gasteiger partial charge is 0.289 e.